The van der Waals surface area contributed by atoms with Crippen molar-refractivity contribution in [3.63, 3.8) is 0 Å². The Kier molecular flexibility index (Phi) is 3.33. The van der Waals surface area contributed by atoms with Crippen LogP contribution in [0.2, 0.25) is 0 Å². The van der Waals surface area contributed by atoms with Crippen molar-refractivity contribution in [2.24, 2.45) is 10.8 Å². The molecule has 0 radical (unpaired) electrons. The molecule has 1 nitrogen and oxygen atoms in total. The van der Waals surface area contributed by atoms with Crippen LogP contribution in [0.4, 0.5) is 0 Å². The zero-order valence-corrected chi connectivity index (χ0v) is 12.7. The molecule has 0 aromatic heterocycles. The highest BCUT2D eigenvalue weighted by molar-refractivity contribution is 9.09. The molecule has 0 amide bonds. The summed E-state index contributed by atoms with van der Waals surface area (Å²) >= 11 is 3.78. The van der Waals surface area contributed by atoms with E-state index in [9.17, 15) is 5.11 Å². The van der Waals surface area contributed by atoms with E-state index in [1.165, 1.54) is 5.57 Å². The number of aliphatic hydroxyl groups is 1. The summed E-state index contributed by atoms with van der Waals surface area (Å²) in [5.41, 5.74) is 2.76. The molecular formula is C15H23BrO. The second-order valence-corrected chi connectivity index (χ2v) is 7.41. The molecule has 0 unspecified atom stereocenters. The first-order chi connectivity index (χ1) is 7.81. The third-order valence-electron chi connectivity index (χ3n) is 5.21. The average molecular weight is 299 g/mol. The minimum absolute atomic E-state index is 0.0678. The third-order valence-corrected chi connectivity index (χ3v) is 6.73. The maximum atomic E-state index is 10.2. The molecule has 3 atom stereocenters. The minimum atomic E-state index is -0.348. The fourth-order valence-corrected chi connectivity index (χ4v) is 4.30. The minimum Gasteiger partial charge on any atom is -0.389 e. The largest absolute Gasteiger partial charge is 0.389 e. The predicted molar refractivity (Wildman–Crippen MR) is 76.3 cm³/mol. The lowest BCUT2D eigenvalue weighted by Gasteiger charge is -2.57. The molecule has 2 rings (SSSR count). The summed E-state index contributed by atoms with van der Waals surface area (Å²) in [5, 5.41) is 10.2. The average Bonchev–Trinajstić information content (AvgIpc) is 2.27. The van der Waals surface area contributed by atoms with Crippen LogP contribution in [0.3, 0.4) is 0 Å². The molecule has 0 saturated heterocycles. The first-order valence-corrected chi connectivity index (χ1v) is 7.40. The molecule has 1 N–H and O–H groups in total. The smallest absolute Gasteiger partial charge is 0.0764 e. The van der Waals surface area contributed by atoms with Gasteiger partial charge in [-0.1, -0.05) is 48.0 Å². The van der Waals surface area contributed by atoms with Gasteiger partial charge in [-0.05, 0) is 43.6 Å². The van der Waals surface area contributed by atoms with Crippen LogP contribution >= 0.6 is 15.9 Å². The van der Waals surface area contributed by atoms with Crippen LogP contribution in [0, 0.1) is 10.8 Å². The van der Waals surface area contributed by atoms with E-state index in [1.54, 1.807) is 0 Å². The fourth-order valence-electron chi connectivity index (χ4n) is 3.51. The lowest BCUT2D eigenvalue weighted by molar-refractivity contribution is 0.0133. The molecular weight excluding hydrogens is 276 g/mol. The molecule has 0 heterocycles. The molecule has 96 valence electrons. The van der Waals surface area contributed by atoms with Crippen LogP contribution < -0.4 is 0 Å². The highest BCUT2D eigenvalue weighted by Gasteiger charge is 2.55. The SMILES string of the molecule is C=C1[C@H](O)C[C@@H](Br)C(C)(C)[C@@]12CC=C(C)CC2. The van der Waals surface area contributed by atoms with Gasteiger partial charge in [0.2, 0.25) is 0 Å². The van der Waals surface area contributed by atoms with Crippen LogP contribution in [0.1, 0.15) is 46.5 Å². The van der Waals surface area contributed by atoms with Crippen molar-refractivity contribution >= 4 is 15.9 Å². The summed E-state index contributed by atoms with van der Waals surface area (Å²) in [4.78, 5) is 0.363. The van der Waals surface area contributed by atoms with E-state index in [0.717, 1.165) is 31.3 Å². The van der Waals surface area contributed by atoms with Crippen molar-refractivity contribution in [3.8, 4) is 0 Å². The van der Waals surface area contributed by atoms with Gasteiger partial charge in [-0.15, -0.1) is 0 Å². The van der Waals surface area contributed by atoms with Gasteiger partial charge in [0.1, 0.15) is 0 Å². The zero-order chi connectivity index (χ0) is 12.8. The Balaban J connectivity index is 2.43. The predicted octanol–water partition coefficient (Wildman–Crippen LogP) is 4.21. The van der Waals surface area contributed by atoms with Crippen molar-refractivity contribution in [1.82, 2.24) is 0 Å². The van der Waals surface area contributed by atoms with Crippen molar-refractivity contribution < 1.29 is 5.11 Å². The Bertz CT molecular complexity index is 369. The monoisotopic (exact) mass is 298 g/mol. The molecule has 1 spiro atoms. The Hall–Kier alpha value is -0.0800. The molecule has 0 aliphatic heterocycles. The van der Waals surface area contributed by atoms with Crippen LogP contribution in [0.15, 0.2) is 23.8 Å². The number of alkyl halides is 1. The molecule has 2 heteroatoms. The third kappa shape index (κ3) is 1.84. The standard InChI is InChI=1S/C15H23BrO/c1-10-5-7-15(8-6-10)11(2)12(17)9-13(16)14(15,3)4/h5,12-13,17H,2,6-9H2,1,3-4H3/t12-,13-,15-/m1/s1. The van der Waals surface area contributed by atoms with Gasteiger partial charge in [-0.3, -0.25) is 0 Å². The van der Waals surface area contributed by atoms with E-state index >= 15 is 0 Å². The highest BCUT2D eigenvalue weighted by Crippen LogP contribution is 2.61. The van der Waals surface area contributed by atoms with Crippen LogP contribution in [-0.4, -0.2) is 16.0 Å². The number of halogens is 1. The van der Waals surface area contributed by atoms with Crippen molar-refractivity contribution in [2.75, 3.05) is 0 Å². The lowest BCUT2D eigenvalue weighted by Crippen LogP contribution is -2.53. The van der Waals surface area contributed by atoms with E-state index in [-0.39, 0.29) is 16.9 Å². The van der Waals surface area contributed by atoms with Gasteiger partial charge in [0.25, 0.3) is 0 Å². The van der Waals surface area contributed by atoms with E-state index < -0.39 is 0 Å². The van der Waals surface area contributed by atoms with Crippen molar-refractivity contribution in [2.45, 2.75) is 57.4 Å². The molecule has 0 aromatic rings. The summed E-state index contributed by atoms with van der Waals surface area (Å²) < 4.78 is 0. The maximum absolute atomic E-state index is 10.2. The van der Waals surface area contributed by atoms with E-state index in [4.69, 9.17) is 0 Å². The Morgan fingerprint density at radius 2 is 2.12 bits per heavy atom. The normalized spacial score (nSPS) is 41.5. The second-order valence-electron chi connectivity index (χ2n) is 6.30. The van der Waals surface area contributed by atoms with Gasteiger partial charge in [0.15, 0.2) is 0 Å². The first kappa shape index (κ1) is 13.4. The van der Waals surface area contributed by atoms with Crippen molar-refractivity contribution in [1.29, 1.82) is 0 Å². The van der Waals surface area contributed by atoms with Gasteiger partial charge in [0, 0.05) is 10.2 Å². The van der Waals surface area contributed by atoms with E-state index in [2.05, 4.69) is 49.4 Å². The number of aliphatic hydroxyl groups excluding tert-OH is 1. The Morgan fingerprint density at radius 1 is 1.47 bits per heavy atom. The van der Waals surface area contributed by atoms with E-state index in [0.29, 0.717) is 4.83 Å². The Morgan fingerprint density at radius 3 is 2.65 bits per heavy atom. The van der Waals surface area contributed by atoms with Gasteiger partial charge in [-0.25, -0.2) is 0 Å². The summed E-state index contributed by atoms with van der Waals surface area (Å²) in [6.07, 6.45) is 6.07. The molecule has 2 aliphatic rings. The molecule has 1 saturated carbocycles. The summed E-state index contributed by atoms with van der Waals surface area (Å²) in [6.45, 7) is 11.1. The summed E-state index contributed by atoms with van der Waals surface area (Å²) in [5.74, 6) is 0. The lowest BCUT2D eigenvalue weighted by atomic mass is 9.50. The summed E-state index contributed by atoms with van der Waals surface area (Å²) in [6, 6.07) is 0. The molecule has 1 fully saturated rings. The molecule has 0 aromatic carbocycles. The number of rotatable bonds is 0. The molecule has 17 heavy (non-hydrogen) atoms. The fraction of sp³-hybridized carbons (Fsp3) is 0.733. The molecule has 0 bridgehead atoms. The number of allylic oxidation sites excluding steroid dienone is 2. The van der Waals surface area contributed by atoms with Gasteiger partial charge in [-0.2, -0.15) is 0 Å². The maximum Gasteiger partial charge on any atom is 0.0764 e. The summed E-state index contributed by atoms with van der Waals surface area (Å²) in [7, 11) is 0. The quantitative estimate of drug-likeness (QED) is 0.524. The van der Waals surface area contributed by atoms with Gasteiger partial charge >= 0.3 is 0 Å². The van der Waals surface area contributed by atoms with Gasteiger partial charge < -0.3 is 5.11 Å². The van der Waals surface area contributed by atoms with E-state index in [1.807, 2.05) is 0 Å². The van der Waals surface area contributed by atoms with Crippen molar-refractivity contribution in [3.05, 3.63) is 23.8 Å². The molecule has 2 aliphatic carbocycles. The zero-order valence-electron chi connectivity index (χ0n) is 11.1. The number of hydrogen-bond acceptors (Lipinski definition) is 1. The highest BCUT2D eigenvalue weighted by atomic mass is 79.9. The van der Waals surface area contributed by atoms with Crippen LogP contribution in [-0.2, 0) is 0 Å². The first-order valence-electron chi connectivity index (χ1n) is 6.48. The topological polar surface area (TPSA) is 20.2 Å². The van der Waals surface area contributed by atoms with Crippen LogP contribution in [0.5, 0.6) is 0 Å². The number of hydrogen-bond donors (Lipinski definition) is 1. The Labute approximate surface area is 113 Å². The second kappa shape index (κ2) is 4.24. The van der Waals surface area contributed by atoms with Gasteiger partial charge in [0.05, 0.1) is 6.10 Å². The van der Waals surface area contributed by atoms with Crippen LogP contribution in [0.25, 0.3) is 0 Å².